The Hall–Kier alpha value is -2.49. The first-order chi connectivity index (χ1) is 11.8. The predicted molar refractivity (Wildman–Crippen MR) is 102 cm³/mol. The van der Waals surface area contributed by atoms with Gasteiger partial charge in [-0.2, -0.15) is 0 Å². The van der Waals surface area contributed by atoms with Crippen molar-refractivity contribution in [1.29, 1.82) is 0 Å². The summed E-state index contributed by atoms with van der Waals surface area (Å²) in [5.74, 6) is 1.01. The van der Waals surface area contributed by atoms with Gasteiger partial charge in [0.15, 0.2) is 0 Å². The van der Waals surface area contributed by atoms with Gasteiger partial charge in [-0.3, -0.25) is 4.79 Å². The van der Waals surface area contributed by atoms with Crippen LogP contribution < -0.4 is 15.0 Å². The topological polar surface area (TPSA) is 41.6 Å². The highest BCUT2D eigenvalue weighted by atomic mass is 16.5. The normalized spacial score (nSPS) is 13.5. The second-order valence-electron chi connectivity index (χ2n) is 7.44. The van der Waals surface area contributed by atoms with Crippen molar-refractivity contribution >= 4 is 17.3 Å². The third-order valence-corrected chi connectivity index (χ3v) is 4.23. The fourth-order valence-electron chi connectivity index (χ4n) is 3.12. The Morgan fingerprint density at radius 1 is 1.20 bits per heavy atom. The molecule has 0 saturated heterocycles. The van der Waals surface area contributed by atoms with Crippen molar-refractivity contribution in [3.8, 4) is 5.75 Å². The molecule has 2 aromatic rings. The van der Waals surface area contributed by atoms with Crippen LogP contribution in [0.4, 0.5) is 11.4 Å². The average Bonchev–Trinajstić information content (AvgIpc) is 2.96. The van der Waals surface area contributed by atoms with Gasteiger partial charge in [0.05, 0.1) is 0 Å². The highest BCUT2D eigenvalue weighted by Crippen LogP contribution is 2.31. The molecule has 1 heterocycles. The molecule has 3 rings (SSSR count). The van der Waals surface area contributed by atoms with Crippen LogP contribution in [0.3, 0.4) is 0 Å². The highest BCUT2D eigenvalue weighted by Gasteiger charge is 2.22. The Labute approximate surface area is 149 Å². The standard InChI is InChI=1S/C21H26N2O2/c1-15(24)23-12-11-16-13-18(9-10-19(16)23)22-14-17-7-5-6-8-20(17)25-21(2,3)4/h5-10,13,22H,11-12,14H2,1-4H3. The minimum atomic E-state index is -0.222. The van der Waals surface area contributed by atoms with E-state index in [2.05, 4.69) is 38.2 Å². The molecule has 0 unspecified atom stereocenters. The number of nitrogens with one attached hydrogen (secondary N) is 1. The molecular formula is C21H26N2O2. The molecular weight excluding hydrogens is 312 g/mol. The number of carbonyl (C=O) groups is 1. The van der Waals surface area contributed by atoms with E-state index in [9.17, 15) is 4.79 Å². The summed E-state index contributed by atoms with van der Waals surface area (Å²) in [6.07, 6.45) is 0.911. The molecule has 0 bridgehead atoms. The van der Waals surface area contributed by atoms with Crippen LogP contribution in [0.15, 0.2) is 42.5 Å². The number of carbonyl (C=O) groups excluding carboxylic acids is 1. The molecule has 1 aliphatic rings. The summed E-state index contributed by atoms with van der Waals surface area (Å²) >= 11 is 0. The molecule has 0 spiro atoms. The number of rotatable bonds is 4. The van der Waals surface area contributed by atoms with Crippen LogP contribution >= 0.6 is 0 Å². The zero-order chi connectivity index (χ0) is 18.0. The Bertz CT molecular complexity index is 778. The number of ether oxygens (including phenoxy) is 1. The molecule has 0 fully saturated rings. The number of amides is 1. The van der Waals surface area contributed by atoms with E-state index in [1.807, 2.05) is 35.2 Å². The Balaban J connectivity index is 1.72. The molecule has 0 saturated carbocycles. The van der Waals surface area contributed by atoms with Crippen LogP contribution in [-0.4, -0.2) is 18.1 Å². The summed E-state index contributed by atoms with van der Waals surface area (Å²) in [7, 11) is 0. The molecule has 4 heteroatoms. The number of fused-ring (bicyclic) bond motifs is 1. The van der Waals surface area contributed by atoms with E-state index in [-0.39, 0.29) is 11.5 Å². The summed E-state index contributed by atoms with van der Waals surface area (Å²) in [5, 5.41) is 3.48. The lowest BCUT2D eigenvalue weighted by molar-refractivity contribution is -0.116. The smallest absolute Gasteiger partial charge is 0.223 e. The summed E-state index contributed by atoms with van der Waals surface area (Å²) in [6, 6.07) is 14.3. The highest BCUT2D eigenvalue weighted by molar-refractivity contribution is 5.94. The van der Waals surface area contributed by atoms with Crippen molar-refractivity contribution in [2.75, 3.05) is 16.8 Å². The van der Waals surface area contributed by atoms with E-state index in [4.69, 9.17) is 4.74 Å². The number of para-hydroxylation sites is 1. The van der Waals surface area contributed by atoms with Crippen molar-refractivity contribution in [3.63, 3.8) is 0 Å². The second kappa shape index (κ2) is 6.79. The molecule has 0 aromatic heterocycles. The van der Waals surface area contributed by atoms with Gasteiger partial charge in [-0.1, -0.05) is 18.2 Å². The largest absolute Gasteiger partial charge is 0.488 e. The van der Waals surface area contributed by atoms with E-state index in [0.29, 0.717) is 6.54 Å². The first kappa shape index (κ1) is 17.3. The van der Waals surface area contributed by atoms with Gasteiger partial charge in [-0.15, -0.1) is 0 Å². The molecule has 0 radical (unpaired) electrons. The maximum Gasteiger partial charge on any atom is 0.223 e. The number of anilines is 2. The van der Waals surface area contributed by atoms with Gasteiger partial charge in [0.1, 0.15) is 11.4 Å². The third kappa shape index (κ3) is 4.13. The van der Waals surface area contributed by atoms with Crippen molar-refractivity contribution in [2.24, 2.45) is 0 Å². The first-order valence-corrected chi connectivity index (χ1v) is 8.75. The van der Waals surface area contributed by atoms with E-state index in [1.54, 1.807) is 6.92 Å². The molecule has 1 N–H and O–H groups in total. The van der Waals surface area contributed by atoms with Gasteiger partial charge >= 0.3 is 0 Å². The monoisotopic (exact) mass is 338 g/mol. The van der Waals surface area contributed by atoms with Gasteiger partial charge in [-0.05, 0) is 57.0 Å². The third-order valence-electron chi connectivity index (χ3n) is 4.23. The van der Waals surface area contributed by atoms with Crippen LogP contribution in [-0.2, 0) is 17.8 Å². The van der Waals surface area contributed by atoms with Crippen LogP contribution in [0, 0.1) is 0 Å². The zero-order valence-corrected chi connectivity index (χ0v) is 15.4. The lowest BCUT2D eigenvalue weighted by Crippen LogP contribution is -2.25. The maximum absolute atomic E-state index is 11.7. The van der Waals surface area contributed by atoms with Crippen molar-refractivity contribution in [3.05, 3.63) is 53.6 Å². The lowest BCUT2D eigenvalue weighted by atomic mass is 10.1. The van der Waals surface area contributed by atoms with Crippen molar-refractivity contribution in [1.82, 2.24) is 0 Å². The fraction of sp³-hybridized carbons (Fsp3) is 0.381. The van der Waals surface area contributed by atoms with Crippen LogP contribution in [0.25, 0.3) is 0 Å². The van der Waals surface area contributed by atoms with Crippen LogP contribution in [0.2, 0.25) is 0 Å². The molecule has 25 heavy (non-hydrogen) atoms. The minimum absolute atomic E-state index is 0.104. The molecule has 4 nitrogen and oxygen atoms in total. The van der Waals surface area contributed by atoms with Gasteiger partial charge in [0, 0.05) is 37.0 Å². The number of hydrogen-bond acceptors (Lipinski definition) is 3. The van der Waals surface area contributed by atoms with Crippen LogP contribution in [0.5, 0.6) is 5.75 Å². The van der Waals surface area contributed by atoms with Gasteiger partial charge in [-0.25, -0.2) is 0 Å². The Kier molecular flexibility index (Phi) is 4.71. The average molecular weight is 338 g/mol. The molecule has 0 atom stereocenters. The molecule has 0 aliphatic carbocycles. The maximum atomic E-state index is 11.7. The Morgan fingerprint density at radius 2 is 1.96 bits per heavy atom. The van der Waals surface area contributed by atoms with Gasteiger partial charge in [0.2, 0.25) is 5.91 Å². The van der Waals surface area contributed by atoms with Crippen molar-refractivity contribution < 1.29 is 9.53 Å². The first-order valence-electron chi connectivity index (χ1n) is 8.75. The minimum Gasteiger partial charge on any atom is -0.488 e. The second-order valence-corrected chi connectivity index (χ2v) is 7.44. The zero-order valence-electron chi connectivity index (χ0n) is 15.4. The summed E-state index contributed by atoms with van der Waals surface area (Å²) in [5.41, 5.74) is 4.23. The molecule has 1 amide bonds. The Morgan fingerprint density at radius 3 is 2.68 bits per heavy atom. The fourth-order valence-corrected chi connectivity index (χ4v) is 3.12. The van der Waals surface area contributed by atoms with Gasteiger partial charge in [0.25, 0.3) is 0 Å². The molecule has 2 aromatic carbocycles. The van der Waals surface area contributed by atoms with Crippen LogP contribution in [0.1, 0.15) is 38.8 Å². The molecule has 1 aliphatic heterocycles. The van der Waals surface area contributed by atoms with E-state index >= 15 is 0 Å². The van der Waals surface area contributed by atoms with Gasteiger partial charge < -0.3 is 15.0 Å². The summed E-state index contributed by atoms with van der Waals surface area (Å²) < 4.78 is 6.05. The summed E-state index contributed by atoms with van der Waals surface area (Å²) in [6.45, 7) is 9.25. The SMILES string of the molecule is CC(=O)N1CCc2cc(NCc3ccccc3OC(C)(C)C)ccc21. The lowest BCUT2D eigenvalue weighted by Gasteiger charge is -2.23. The predicted octanol–water partition coefficient (Wildman–Crippen LogP) is 4.39. The number of hydrogen-bond donors (Lipinski definition) is 1. The summed E-state index contributed by atoms with van der Waals surface area (Å²) in [4.78, 5) is 13.5. The van der Waals surface area contributed by atoms with Crippen molar-refractivity contribution in [2.45, 2.75) is 46.3 Å². The number of nitrogens with zero attached hydrogens (tertiary/aromatic N) is 1. The number of benzene rings is 2. The molecule has 132 valence electrons. The quantitative estimate of drug-likeness (QED) is 0.899. The van der Waals surface area contributed by atoms with E-state index < -0.39 is 0 Å². The van der Waals surface area contributed by atoms with E-state index in [1.165, 1.54) is 5.56 Å². The van der Waals surface area contributed by atoms with E-state index in [0.717, 1.165) is 35.7 Å².